The van der Waals surface area contributed by atoms with Crippen LogP contribution in [0.15, 0.2) is 42.5 Å². The molecule has 1 aliphatic rings. The number of ether oxygens (including phenoxy) is 1. The third-order valence-electron chi connectivity index (χ3n) is 4.65. The first-order valence-corrected chi connectivity index (χ1v) is 7.73. The molecule has 0 aromatic heterocycles. The van der Waals surface area contributed by atoms with Gasteiger partial charge in [0.25, 0.3) is 5.92 Å². The van der Waals surface area contributed by atoms with Crippen molar-refractivity contribution in [2.45, 2.75) is 38.0 Å². The third-order valence-corrected chi connectivity index (χ3v) is 4.65. The zero-order valence-electron chi connectivity index (χ0n) is 13.5. The number of hydrogen-bond acceptors (Lipinski definition) is 2. The van der Waals surface area contributed by atoms with Crippen molar-refractivity contribution in [2.75, 3.05) is 0 Å². The zero-order valence-corrected chi connectivity index (χ0v) is 13.5. The number of alkyl halides is 2. The molecule has 0 unspecified atom stereocenters. The first kappa shape index (κ1) is 16.4. The maximum atomic E-state index is 13.9. The quantitative estimate of drug-likeness (QED) is 0.821. The average molecular weight is 332 g/mol. The fourth-order valence-corrected chi connectivity index (χ4v) is 2.96. The summed E-state index contributed by atoms with van der Waals surface area (Å²) in [6.07, 6.45) is 0.986. The maximum absolute atomic E-state index is 13.9. The summed E-state index contributed by atoms with van der Waals surface area (Å²) in [6.45, 7) is 2.79. The molecule has 0 atom stereocenters. The number of hydrogen-bond donors (Lipinski definition) is 1. The molecule has 0 radical (unpaired) electrons. The van der Waals surface area contributed by atoms with Crippen LogP contribution in [0.4, 0.5) is 8.78 Å². The minimum Gasteiger partial charge on any atom is -0.478 e. The van der Waals surface area contributed by atoms with E-state index in [4.69, 9.17) is 9.84 Å². The van der Waals surface area contributed by atoms with E-state index in [1.54, 1.807) is 30.3 Å². The molecule has 3 nitrogen and oxygen atoms in total. The highest BCUT2D eigenvalue weighted by Gasteiger charge is 2.60. The summed E-state index contributed by atoms with van der Waals surface area (Å²) >= 11 is 0. The second-order valence-corrected chi connectivity index (χ2v) is 6.38. The van der Waals surface area contributed by atoms with Crippen LogP contribution in [0.1, 0.15) is 41.3 Å². The number of benzene rings is 2. The van der Waals surface area contributed by atoms with E-state index in [2.05, 4.69) is 0 Å². The number of aromatic carboxylic acids is 1. The highest BCUT2D eigenvalue weighted by molar-refractivity contribution is 5.87. The van der Waals surface area contributed by atoms with Gasteiger partial charge in [0, 0.05) is 6.92 Å². The molecule has 2 aromatic rings. The molecule has 126 valence electrons. The number of carboxylic acid groups (broad SMARTS) is 1. The summed E-state index contributed by atoms with van der Waals surface area (Å²) in [5, 5.41) is 8.89. The lowest BCUT2D eigenvalue weighted by molar-refractivity contribution is -0.0200. The predicted octanol–water partition coefficient (Wildman–Crippen LogP) is 5.17. The molecule has 1 N–H and O–H groups in total. The van der Waals surface area contributed by atoms with Crippen molar-refractivity contribution in [3.63, 3.8) is 0 Å². The van der Waals surface area contributed by atoms with Gasteiger partial charge in [-0.25, -0.2) is 13.6 Å². The Morgan fingerprint density at radius 1 is 1.17 bits per heavy atom. The van der Waals surface area contributed by atoms with Crippen LogP contribution in [0.5, 0.6) is 11.5 Å². The molecule has 0 spiro atoms. The Kier molecular flexibility index (Phi) is 3.82. The molecule has 1 saturated carbocycles. The lowest BCUT2D eigenvalue weighted by Crippen LogP contribution is -2.30. The standard InChI is InChI=1S/C19H18F2O3/c1-12-11-14(19(9-10-19)18(2,20)21)5-8-16(12)24-15-6-3-13(4-7-15)17(22)23/h3-8,11H,9-10H2,1-2H3,(H,22,23). The summed E-state index contributed by atoms with van der Waals surface area (Å²) in [5.41, 5.74) is 0.543. The number of carboxylic acids is 1. The van der Waals surface area contributed by atoms with Crippen LogP contribution in [0.25, 0.3) is 0 Å². The number of aryl methyl sites for hydroxylation is 1. The van der Waals surface area contributed by atoms with E-state index in [-0.39, 0.29) is 5.56 Å². The normalized spacial score (nSPS) is 15.8. The van der Waals surface area contributed by atoms with Crippen LogP contribution in [-0.2, 0) is 5.41 Å². The van der Waals surface area contributed by atoms with Gasteiger partial charge in [0.05, 0.1) is 11.0 Å². The van der Waals surface area contributed by atoms with Gasteiger partial charge in [-0.1, -0.05) is 12.1 Å². The van der Waals surface area contributed by atoms with Crippen LogP contribution in [0, 0.1) is 6.92 Å². The van der Waals surface area contributed by atoms with Crippen LogP contribution in [-0.4, -0.2) is 17.0 Å². The lowest BCUT2D eigenvalue weighted by atomic mass is 9.89. The molecule has 2 aromatic carbocycles. The average Bonchev–Trinajstić information content (AvgIpc) is 3.31. The summed E-state index contributed by atoms with van der Waals surface area (Å²) in [5.74, 6) is -2.68. The predicted molar refractivity (Wildman–Crippen MR) is 86.2 cm³/mol. The highest BCUT2D eigenvalue weighted by Crippen LogP contribution is 2.58. The smallest absolute Gasteiger partial charge is 0.335 e. The monoisotopic (exact) mass is 332 g/mol. The molecule has 24 heavy (non-hydrogen) atoms. The first-order chi connectivity index (χ1) is 11.2. The molecular weight excluding hydrogens is 314 g/mol. The van der Waals surface area contributed by atoms with E-state index in [0.29, 0.717) is 29.9 Å². The van der Waals surface area contributed by atoms with Crippen molar-refractivity contribution < 1.29 is 23.4 Å². The Bertz CT molecular complexity index is 772. The van der Waals surface area contributed by atoms with Gasteiger partial charge in [-0.2, -0.15) is 0 Å². The van der Waals surface area contributed by atoms with Gasteiger partial charge in [0.2, 0.25) is 0 Å². The van der Waals surface area contributed by atoms with Crippen molar-refractivity contribution in [3.05, 3.63) is 59.2 Å². The molecular formula is C19H18F2O3. The molecule has 3 rings (SSSR count). The molecule has 1 aliphatic carbocycles. The Balaban J connectivity index is 1.82. The van der Waals surface area contributed by atoms with Gasteiger partial charge < -0.3 is 9.84 Å². The van der Waals surface area contributed by atoms with Gasteiger partial charge in [0.15, 0.2) is 0 Å². The number of carbonyl (C=O) groups is 1. The molecule has 5 heteroatoms. The lowest BCUT2D eigenvalue weighted by Gasteiger charge is -2.24. The van der Waals surface area contributed by atoms with E-state index in [9.17, 15) is 13.6 Å². The van der Waals surface area contributed by atoms with Crippen LogP contribution in [0.2, 0.25) is 0 Å². The second-order valence-electron chi connectivity index (χ2n) is 6.38. The minimum absolute atomic E-state index is 0.176. The SMILES string of the molecule is Cc1cc(C2(C(C)(F)F)CC2)ccc1Oc1ccc(C(=O)O)cc1. The summed E-state index contributed by atoms with van der Waals surface area (Å²) < 4.78 is 33.4. The van der Waals surface area contributed by atoms with Crippen molar-refractivity contribution in [1.29, 1.82) is 0 Å². The van der Waals surface area contributed by atoms with Crippen molar-refractivity contribution in [3.8, 4) is 11.5 Å². The number of rotatable bonds is 5. The number of halogens is 2. The van der Waals surface area contributed by atoms with Crippen LogP contribution >= 0.6 is 0 Å². The fraction of sp³-hybridized carbons (Fsp3) is 0.316. The molecule has 0 amide bonds. The van der Waals surface area contributed by atoms with E-state index in [0.717, 1.165) is 12.5 Å². The highest BCUT2D eigenvalue weighted by atomic mass is 19.3. The molecule has 0 aliphatic heterocycles. The van der Waals surface area contributed by atoms with Crippen molar-refractivity contribution >= 4 is 5.97 Å². The Labute approximate surface area is 138 Å². The fourth-order valence-electron chi connectivity index (χ4n) is 2.96. The molecule has 1 fully saturated rings. The first-order valence-electron chi connectivity index (χ1n) is 7.73. The van der Waals surface area contributed by atoms with Gasteiger partial charge in [-0.3, -0.25) is 0 Å². The topological polar surface area (TPSA) is 46.5 Å². The summed E-state index contributed by atoms with van der Waals surface area (Å²) in [7, 11) is 0. The Hall–Kier alpha value is -2.43. The zero-order chi connectivity index (χ0) is 17.5. The summed E-state index contributed by atoms with van der Waals surface area (Å²) in [6, 6.07) is 11.2. The van der Waals surface area contributed by atoms with E-state index in [1.165, 1.54) is 12.1 Å². The van der Waals surface area contributed by atoms with E-state index in [1.807, 2.05) is 6.92 Å². The maximum Gasteiger partial charge on any atom is 0.335 e. The van der Waals surface area contributed by atoms with E-state index >= 15 is 0 Å². The molecule has 0 bridgehead atoms. The third kappa shape index (κ3) is 2.86. The molecule has 0 saturated heterocycles. The second kappa shape index (κ2) is 5.58. The van der Waals surface area contributed by atoms with Crippen LogP contribution in [0.3, 0.4) is 0 Å². The largest absolute Gasteiger partial charge is 0.478 e. The minimum atomic E-state index is -2.74. The van der Waals surface area contributed by atoms with Gasteiger partial charge in [-0.05, 0) is 61.2 Å². The Morgan fingerprint density at radius 2 is 1.79 bits per heavy atom. The molecule has 0 heterocycles. The van der Waals surface area contributed by atoms with E-state index < -0.39 is 17.3 Å². The van der Waals surface area contributed by atoms with Gasteiger partial charge in [0.1, 0.15) is 11.5 Å². The van der Waals surface area contributed by atoms with Crippen molar-refractivity contribution in [1.82, 2.24) is 0 Å². The Morgan fingerprint density at radius 3 is 2.25 bits per heavy atom. The van der Waals surface area contributed by atoms with Crippen molar-refractivity contribution in [2.24, 2.45) is 0 Å². The van der Waals surface area contributed by atoms with Crippen LogP contribution < -0.4 is 4.74 Å². The summed E-state index contributed by atoms with van der Waals surface area (Å²) in [4.78, 5) is 10.8. The van der Waals surface area contributed by atoms with Gasteiger partial charge in [-0.15, -0.1) is 0 Å². The van der Waals surface area contributed by atoms with Gasteiger partial charge >= 0.3 is 5.97 Å².